The van der Waals surface area contributed by atoms with E-state index < -0.39 is 0 Å². The average Bonchev–Trinajstić information content (AvgIpc) is 1.78. The molecule has 1 rings (SSSR count). The molecule has 1 amide bonds. The van der Waals surface area contributed by atoms with Crippen LogP contribution in [-0.2, 0) is 4.79 Å². The molecule has 0 aromatic heterocycles. The molecule has 1 aliphatic rings. The van der Waals surface area contributed by atoms with E-state index in [0.717, 1.165) is 13.1 Å². The molecule has 13 heavy (non-hydrogen) atoms. The lowest BCUT2D eigenvalue weighted by Crippen LogP contribution is -2.57. The van der Waals surface area contributed by atoms with Gasteiger partial charge in [0, 0.05) is 24.7 Å². The number of carbonyl (C=O) groups is 1. The van der Waals surface area contributed by atoms with Gasteiger partial charge < -0.3 is 16.0 Å². The number of rotatable bonds is 3. The van der Waals surface area contributed by atoms with Crippen LogP contribution >= 0.6 is 0 Å². The summed E-state index contributed by atoms with van der Waals surface area (Å²) in [6, 6.07) is 0.478. The standard InChI is InChI=1S/C9H19N3O/c1-9(2,3)12-8(13)6-11-7-4-10-5-7/h7,10-11H,4-6H2,1-3H3,(H,12,13). The molecular weight excluding hydrogens is 166 g/mol. The fraction of sp³-hybridized carbons (Fsp3) is 0.889. The lowest BCUT2D eigenvalue weighted by atomic mass is 10.1. The van der Waals surface area contributed by atoms with Crippen LogP contribution in [0.25, 0.3) is 0 Å². The number of carbonyl (C=O) groups excluding carboxylic acids is 1. The number of hydrogen-bond donors (Lipinski definition) is 3. The summed E-state index contributed by atoms with van der Waals surface area (Å²) in [5, 5.41) is 9.21. The molecule has 4 nitrogen and oxygen atoms in total. The second-order valence-corrected chi connectivity index (χ2v) is 4.53. The highest BCUT2D eigenvalue weighted by Crippen LogP contribution is 1.97. The zero-order chi connectivity index (χ0) is 9.90. The Morgan fingerprint density at radius 3 is 2.46 bits per heavy atom. The van der Waals surface area contributed by atoms with Crippen molar-refractivity contribution in [1.82, 2.24) is 16.0 Å². The van der Waals surface area contributed by atoms with Crippen LogP contribution < -0.4 is 16.0 Å². The van der Waals surface area contributed by atoms with Crippen molar-refractivity contribution in [1.29, 1.82) is 0 Å². The molecule has 0 unspecified atom stereocenters. The van der Waals surface area contributed by atoms with Gasteiger partial charge in [0.05, 0.1) is 6.54 Å². The van der Waals surface area contributed by atoms with Gasteiger partial charge in [0.25, 0.3) is 0 Å². The van der Waals surface area contributed by atoms with Crippen molar-refractivity contribution in [2.45, 2.75) is 32.4 Å². The van der Waals surface area contributed by atoms with Crippen LogP contribution in [0.3, 0.4) is 0 Å². The third-order valence-corrected chi connectivity index (χ3v) is 1.85. The molecule has 0 aromatic rings. The van der Waals surface area contributed by atoms with Crippen molar-refractivity contribution in [2.24, 2.45) is 0 Å². The summed E-state index contributed by atoms with van der Waals surface area (Å²) >= 11 is 0. The van der Waals surface area contributed by atoms with E-state index in [0.29, 0.717) is 12.6 Å². The smallest absolute Gasteiger partial charge is 0.234 e. The Hall–Kier alpha value is -0.610. The minimum atomic E-state index is -0.128. The fourth-order valence-electron chi connectivity index (χ4n) is 1.13. The fourth-order valence-corrected chi connectivity index (χ4v) is 1.13. The van der Waals surface area contributed by atoms with E-state index >= 15 is 0 Å². The van der Waals surface area contributed by atoms with E-state index in [9.17, 15) is 4.79 Å². The summed E-state index contributed by atoms with van der Waals surface area (Å²) < 4.78 is 0. The molecule has 3 N–H and O–H groups in total. The molecule has 0 spiro atoms. The Labute approximate surface area is 79.5 Å². The molecular formula is C9H19N3O. The van der Waals surface area contributed by atoms with Crippen LogP contribution in [0.5, 0.6) is 0 Å². The third-order valence-electron chi connectivity index (χ3n) is 1.85. The molecule has 1 aliphatic heterocycles. The summed E-state index contributed by atoms with van der Waals surface area (Å²) in [6.07, 6.45) is 0. The van der Waals surface area contributed by atoms with Crippen LogP contribution in [0.2, 0.25) is 0 Å². The Balaban J connectivity index is 2.10. The van der Waals surface area contributed by atoms with Crippen molar-refractivity contribution in [3.8, 4) is 0 Å². The molecule has 0 saturated carbocycles. The van der Waals surface area contributed by atoms with Crippen molar-refractivity contribution in [2.75, 3.05) is 19.6 Å². The molecule has 0 atom stereocenters. The van der Waals surface area contributed by atoms with Gasteiger partial charge in [0.15, 0.2) is 0 Å². The summed E-state index contributed by atoms with van der Waals surface area (Å²) in [5.41, 5.74) is -0.128. The van der Waals surface area contributed by atoms with Crippen molar-refractivity contribution >= 4 is 5.91 Å². The van der Waals surface area contributed by atoms with E-state index in [4.69, 9.17) is 0 Å². The quantitative estimate of drug-likeness (QED) is 0.553. The lowest BCUT2D eigenvalue weighted by Gasteiger charge is -2.28. The lowest BCUT2D eigenvalue weighted by molar-refractivity contribution is -0.121. The zero-order valence-electron chi connectivity index (χ0n) is 8.61. The van der Waals surface area contributed by atoms with Gasteiger partial charge in [-0.05, 0) is 20.8 Å². The molecule has 1 saturated heterocycles. The maximum absolute atomic E-state index is 11.3. The number of nitrogens with one attached hydrogen (secondary N) is 3. The summed E-state index contributed by atoms with van der Waals surface area (Å²) in [4.78, 5) is 11.3. The second-order valence-electron chi connectivity index (χ2n) is 4.53. The van der Waals surface area contributed by atoms with Gasteiger partial charge in [0.2, 0.25) is 5.91 Å². The van der Waals surface area contributed by atoms with Crippen LogP contribution in [0, 0.1) is 0 Å². The first-order valence-electron chi connectivity index (χ1n) is 4.72. The van der Waals surface area contributed by atoms with Gasteiger partial charge in [-0.15, -0.1) is 0 Å². The van der Waals surface area contributed by atoms with Gasteiger partial charge >= 0.3 is 0 Å². The molecule has 1 heterocycles. The predicted molar refractivity (Wildman–Crippen MR) is 52.6 cm³/mol. The second kappa shape index (κ2) is 4.07. The highest BCUT2D eigenvalue weighted by atomic mass is 16.2. The van der Waals surface area contributed by atoms with E-state index in [1.165, 1.54) is 0 Å². The van der Waals surface area contributed by atoms with Crippen LogP contribution in [0.1, 0.15) is 20.8 Å². The first-order chi connectivity index (χ1) is 5.97. The molecule has 0 bridgehead atoms. The maximum Gasteiger partial charge on any atom is 0.234 e. The largest absolute Gasteiger partial charge is 0.350 e. The summed E-state index contributed by atoms with van der Waals surface area (Å²) in [7, 11) is 0. The number of amides is 1. The third kappa shape index (κ3) is 4.24. The van der Waals surface area contributed by atoms with Gasteiger partial charge in [-0.2, -0.15) is 0 Å². The normalized spacial score (nSPS) is 18.1. The maximum atomic E-state index is 11.3. The highest BCUT2D eigenvalue weighted by molar-refractivity contribution is 5.78. The molecule has 0 aromatic carbocycles. The van der Waals surface area contributed by atoms with Crippen LogP contribution in [0.15, 0.2) is 0 Å². The van der Waals surface area contributed by atoms with Gasteiger partial charge in [0.1, 0.15) is 0 Å². The van der Waals surface area contributed by atoms with E-state index in [1.54, 1.807) is 0 Å². The Morgan fingerprint density at radius 2 is 2.08 bits per heavy atom. The van der Waals surface area contributed by atoms with E-state index in [2.05, 4.69) is 16.0 Å². The van der Waals surface area contributed by atoms with E-state index in [1.807, 2.05) is 20.8 Å². The first-order valence-corrected chi connectivity index (χ1v) is 4.72. The van der Waals surface area contributed by atoms with Gasteiger partial charge in [-0.1, -0.05) is 0 Å². The van der Waals surface area contributed by atoms with Crippen LogP contribution in [-0.4, -0.2) is 37.1 Å². The monoisotopic (exact) mass is 185 g/mol. The molecule has 0 aliphatic carbocycles. The van der Waals surface area contributed by atoms with Crippen LogP contribution in [0.4, 0.5) is 0 Å². The van der Waals surface area contributed by atoms with Gasteiger partial charge in [-0.3, -0.25) is 4.79 Å². The Kier molecular flexibility index (Phi) is 3.27. The SMILES string of the molecule is CC(C)(C)NC(=O)CNC1CNC1. The predicted octanol–water partition coefficient (Wildman–Crippen LogP) is -0.537. The Bertz CT molecular complexity index is 182. The van der Waals surface area contributed by atoms with Crippen molar-refractivity contribution in [3.63, 3.8) is 0 Å². The molecule has 1 fully saturated rings. The van der Waals surface area contributed by atoms with E-state index in [-0.39, 0.29) is 11.4 Å². The van der Waals surface area contributed by atoms with Gasteiger partial charge in [-0.25, -0.2) is 0 Å². The highest BCUT2D eigenvalue weighted by Gasteiger charge is 2.18. The molecule has 4 heteroatoms. The summed E-state index contributed by atoms with van der Waals surface area (Å²) in [6.45, 7) is 8.32. The zero-order valence-corrected chi connectivity index (χ0v) is 8.61. The average molecular weight is 185 g/mol. The minimum absolute atomic E-state index is 0.0689. The topological polar surface area (TPSA) is 53.2 Å². The molecule has 0 radical (unpaired) electrons. The summed E-state index contributed by atoms with van der Waals surface area (Å²) in [5.74, 6) is 0.0689. The molecule has 76 valence electrons. The first kappa shape index (κ1) is 10.5. The van der Waals surface area contributed by atoms with Crippen molar-refractivity contribution in [3.05, 3.63) is 0 Å². The minimum Gasteiger partial charge on any atom is -0.350 e. The Morgan fingerprint density at radius 1 is 1.46 bits per heavy atom. The van der Waals surface area contributed by atoms with Crippen molar-refractivity contribution < 1.29 is 4.79 Å². The number of hydrogen-bond acceptors (Lipinski definition) is 3.